The summed E-state index contributed by atoms with van der Waals surface area (Å²) < 4.78 is 10.1. The van der Waals surface area contributed by atoms with Crippen LogP contribution in [0.25, 0.3) is 0 Å². The van der Waals surface area contributed by atoms with Gasteiger partial charge in [0.1, 0.15) is 5.75 Å². The number of nitrogens with zero attached hydrogens (tertiary/aromatic N) is 1. The molecule has 2 rings (SSSR count). The highest BCUT2D eigenvalue weighted by molar-refractivity contribution is 5.95. The van der Waals surface area contributed by atoms with Gasteiger partial charge in [0.25, 0.3) is 5.91 Å². The predicted octanol–water partition coefficient (Wildman–Crippen LogP) is 2.14. The highest BCUT2D eigenvalue weighted by Crippen LogP contribution is 2.16. The second-order valence-corrected chi connectivity index (χ2v) is 6.72. The number of nitrogens with one attached hydrogen (secondary N) is 1. The van der Waals surface area contributed by atoms with Crippen molar-refractivity contribution in [3.63, 3.8) is 0 Å². The number of para-hydroxylation sites is 1. The molecule has 0 saturated heterocycles. The van der Waals surface area contributed by atoms with Gasteiger partial charge in [0.05, 0.1) is 12.1 Å². The largest absolute Gasteiger partial charge is 0.481 e. The maximum atomic E-state index is 12.2. The molecule has 158 valence electrons. The molecular formula is C22H24N2O6. The van der Waals surface area contributed by atoms with Crippen LogP contribution in [0.15, 0.2) is 42.5 Å². The average Bonchev–Trinajstić information content (AvgIpc) is 2.73. The first kappa shape index (κ1) is 22.6. The van der Waals surface area contributed by atoms with Crippen LogP contribution in [0.3, 0.4) is 0 Å². The molecule has 2 aromatic carbocycles. The molecule has 8 heteroatoms. The van der Waals surface area contributed by atoms with Gasteiger partial charge in [0.15, 0.2) is 19.5 Å². The molecule has 8 nitrogen and oxygen atoms in total. The Kier molecular flexibility index (Phi) is 8.10. The summed E-state index contributed by atoms with van der Waals surface area (Å²) in [5, 5.41) is 2.76. The van der Waals surface area contributed by atoms with E-state index in [2.05, 4.69) is 5.32 Å². The van der Waals surface area contributed by atoms with Gasteiger partial charge < -0.3 is 19.7 Å². The molecule has 0 unspecified atom stereocenters. The lowest BCUT2D eigenvalue weighted by Gasteiger charge is -2.17. The van der Waals surface area contributed by atoms with E-state index >= 15 is 0 Å². The zero-order valence-corrected chi connectivity index (χ0v) is 17.1. The molecule has 0 radical (unpaired) electrons. The number of carbonyl (C=O) groups is 4. The van der Waals surface area contributed by atoms with Crippen LogP contribution in [0.2, 0.25) is 0 Å². The number of aldehydes is 1. The summed E-state index contributed by atoms with van der Waals surface area (Å²) in [4.78, 5) is 48.2. The summed E-state index contributed by atoms with van der Waals surface area (Å²) in [6.07, 6.45) is 0.614. The van der Waals surface area contributed by atoms with Crippen LogP contribution < -0.4 is 10.1 Å². The van der Waals surface area contributed by atoms with Gasteiger partial charge in [-0.2, -0.15) is 0 Å². The van der Waals surface area contributed by atoms with Crippen LogP contribution in [0.5, 0.6) is 5.75 Å². The van der Waals surface area contributed by atoms with Crippen molar-refractivity contribution in [3.8, 4) is 5.75 Å². The van der Waals surface area contributed by atoms with E-state index in [0.717, 1.165) is 16.0 Å². The molecule has 0 bridgehead atoms. The third kappa shape index (κ3) is 6.73. The third-order valence-electron chi connectivity index (χ3n) is 4.22. The Balaban J connectivity index is 1.76. The van der Waals surface area contributed by atoms with Gasteiger partial charge in [-0.25, -0.2) is 4.79 Å². The summed E-state index contributed by atoms with van der Waals surface area (Å²) in [5.41, 5.74) is 2.90. The lowest BCUT2D eigenvalue weighted by atomic mass is 10.1. The monoisotopic (exact) mass is 412 g/mol. The maximum absolute atomic E-state index is 12.2. The van der Waals surface area contributed by atoms with E-state index in [1.807, 2.05) is 32.0 Å². The summed E-state index contributed by atoms with van der Waals surface area (Å²) in [7, 11) is 1.44. The number of ether oxygens (including phenoxy) is 2. The summed E-state index contributed by atoms with van der Waals surface area (Å²) in [5.74, 6) is -1.42. The van der Waals surface area contributed by atoms with Crippen LogP contribution in [-0.2, 0) is 19.1 Å². The highest BCUT2D eigenvalue weighted by atomic mass is 16.6. The molecule has 0 spiro atoms. The van der Waals surface area contributed by atoms with E-state index in [1.54, 1.807) is 24.3 Å². The molecule has 0 aliphatic rings. The number of aryl methyl sites for hydroxylation is 2. The van der Waals surface area contributed by atoms with Crippen molar-refractivity contribution >= 4 is 29.8 Å². The zero-order valence-electron chi connectivity index (χ0n) is 17.1. The van der Waals surface area contributed by atoms with Gasteiger partial charge >= 0.3 is 5.97 Å². The van der Waals surface area contributed by atoms with Crippen LogP contribution in [0, 0.1) is 13.8 Å². The van der Waals surface area contributed by atoms with Gasteiger partial charge in [-0.1, -0.05) is 24.3 Å². The molecule has 0 fully saturated rings. The first-order valence-electron chi connectivity index (χ1n) is 9.24. The van der Waals surface area contributed by atoms with Crippen molar-refractivity contribution < 1.29 is 28.7 Å². The Hall–Kier alpha value is -3.68. The number of hydrogen-bond acceptors (Lipinski definition) is 6. The minimum absolute atomic E-state index is 0.188. The van der Waals surface area contributed by atoms with Gasteiger partial charge in [-0.3, -0.25) is 14.4 Å². The van der Waals surface area contributed by atoms with Crippen molar-refractivity contribution in [2.24, 2.45) is 0 Å². The van der Waals surface area contributed by atoms with Crippen LogP contribution >= 0.6 is 0 Å². The second-order valence-electron chi connectivity index (χ2n) is 6.72. The van der Waals surface area contributed by atoms with Gasteiger partial charge in [0.2, 0.25) is 5.91 Å². The fraction of sp³-hybridized carbons (Fsp3) is 0.273. The van der Waals surface area contributed by atoms with E-state index in [9.17, 15) is 19.2 Å². The van der Waals surface area contributed by atoms with Gasteiger partial charge in [-0.05, 0) is 43.2 Å². The van der Waals surface area contributed by atoms with Gasteiger partial charge in [-0.15, -0.1) is 0 Å². The highest BCUT2D eigenvalue weighted by Gasteiger charge is 2.16. The smallest absolute Gasteiger partial charge is 0.344 e. The Morgan fingerprint density at radius 2 is 1.80 bits per heavy atom. The molecule has 2 amide bonds. The number of rotatable bonds is 9. The summed E-state index contributed by atoms with van der Waals surface area (Å²) in [6, 6.07) is 12.1. The average molecular weight is 412 g/mol. The predicted molar refractivity (Wildman–Crippen MR) is 110 cm³/mol. The number of carbonyl (C=O) groups excluding carboxylic acids is 4. The molecule has 30 heavy (non-hydrogen) atoms. The molecule has 0 aromatic heterocycles. The SMILES string of the molecule is Cc1ccc(C)c(NC(=O)CN(C)C(=O)COC(=O)COc2ccccc2C=O)c1. The van der Waals surface area contributed by atoms with Crippen LogP contribution in [0.1, 0.15) is 21.5 Å². The normalized spacial score (nSPS) is 10.1. The van der Waals surface area contributed by atoms with Crippen molar-refractivity contribution in [3.05, 3.63) is 59.2 Å². The molecule has 0 atom stereocenters. The summed E-state index contributed by atoms with van der Waals surface area (Å²) in [6.45, 7) is 2.63. The maximum Gasteiger partial charge on any atom is 0.344 e. The molecule has 0 saturated carbocycles. The standard InChI is InChI=1S/C22H24N2O6/c1-15-8-9-16(2)18(10-15)23-20(26)11-24(3)21(27)13-30-22(28)14-29-19-7-5-4-6-17(19)12-25/h4-10,12H,11,13-14H2,1-3H3,(H,23,26). The number of benzene rings is 2. The van der Waals surface area contributed by atoms with Crippen molar-refractivity contribution in [2.75, 3.05) is 32.1 Å². The lowest BCUT2D eigenvalue weighted by Crippen LogP contribution is -2.37. The molecular weight excluding hydrogens is 388 g/mol. The van der Waals surface area contributed by atoms with Crippen molar-refractivity contribution in [1.82, 2.24) is 4.90 Å². The Morgan fingerprint density at radius 1 is 1.07 bits per heavy atom. The van der Waals surface area contributed by atoms with E-state index in [1.165, 1.54) is 7.05 Å². The third-order valence-corrected chi connectivity index (χ3v) is 4.22. The zero-order chi connectivity index (χ0) is 22.1. The fourth-order valence-corrected chi connectivity index (χ4v) is 2.50. The molecule has 0 aliphatic carbocycles. The number of hydrogen-bond donors (Lipinski definition) is 1. The van der Waals surface area contributed by atoms with E-state index < -0.39 is 25.1 Å². The number of anilines is 1. The Morgan fingerprint density at radius 3 is 2.53 bits per heavy atom. The number of amides is 2. The first-order valence-corrected chi connectivity index (χ1v) is 9.24. The van der Waals surface area contributed by atoms with E-state index in [0.29, 0.717) is 17.5 Å². The second kappa shape index (κ2) is 10.8. The first-order chi connectivity index (χ1) is 14.3. The topological polar surface area (TPSA) is 102 Å². The number of likely N-dealkylation sites (N-methyl/N-ethyl adjacent to an activating group) is 1. The molecule has 0 aliphatic heterocycles. The van der Waals surface area contributed by atoms with Crippen LogP contribution in [0.4, 0.5) is 5.69 Å². The van der Waals surface area contributed by atoms with Crippen LogP contribution in [-0.4, -0.2) is 55.8 Å². The fourth-order valence-electron chi connectivity index (χ4n) is 2.50. The molecule has 2 aromatic rings. The Bertz CT molecular complexity index is 941. The quantitative estimate of drug-likeness (QED) is 0.500. The van der Waals surface area contributed by atoms with Crippen molar-refractivity contribution in [2.45, 2.75) is 13.8 Å². The van der Waals surface area contributed by atoms with E-state index in [4.69, 9.17) is 9.47 Å². The summed E-state index contributed by atoms with van der Waals surface area (Å²) >= 11 is 0. The minimum atomic E-state index is -0.766. The Labute approximate surface area is 174 Å². The lowest BCUT2D eigenvalue weighted by molar-refractivity contribution is -0.153. The van der Waals surface area contributed by atoms with Gasteiger partial charge in [0, 0.05) is 12.7 Å². The minimum Gasteiger partial charge on any atom is -0.481 e. The molecule has 1 N–H and O–H groups in total. The molecule has 0 heterocycles. The number of esters is 1. The van der Waals surface area contributed by atoms with Crippen molar-refractivity contribution in [1.29, 1.82) is 0 Å². The van der Waals surface area contributed by atoms with E-state index in [-0.39, 0.29) is 18.2 Å².